The van der Waals surface area contributed by atoms with Crippen molar-refractivity contribution in [3.63, 3.8) is 0 Å². The van der Waals surface area contributed by atoms with E-state index in [4.69, 9.17) is 28.4 Å². The molecule has 0 bridgehead atoms. The molecule has 0 radical (unpaired) electrons. The monoisotopic (exact) mass is 2080 g/mol. The zero-order valence-corrected chi connectivity index (χ0v) is 96.8. The summed E-state index contributed by atoms with van der Waals surface area (Å²) in [5.74, 6) is -1.13. The van der Waals surface area contributed by atoms with Gasteiger partial charge in [0.25, 0.3) is 23.6 Å². The van der Waals surface area contributed by atoms with E-state index in [-0.39, 0.29) is 105 Å². The lowest BCUT2D eigenvalue weighted by Crippen LogP contribution is -2.50. The number of ether oxygens (including phenoxy) is 6. The quantitative estimate of drug-likeness (QED) is 0.0161. The van der Waals surface area contributed by atoms with Gasteiger partial charge in [0.1, 0.15) is 72.6 Å². The van der Waals surface area contributed by atoms with Crippen LogP contribution in [-0.2, 0) is 50.3 Å². The van der Waals surface area contributed by atoms with Crippen LogP contribution in [0, 0.1) is 83.0 Å². The summed E-state index contributed by atoms with van der Waals surface area (Å²) in [6.45, 7) is 68.4. The Hall–Kier alpha value is -9.52. The molecular weight excluding hydrogens is 1910 g/mol. The molecule has 804 valence electrons. The number of methoxy groups -OCH3 is 2. The van der Waals surface area contributed by atoms with Crippen LogP contribution >= 0.6 is 45.3 Å². The number of carbonyl (C=O) groups is 8. The van der Waals surface area contributed by atoms with Gasteiger partial charge in [0.15, 0.2) is 0 Å². The van der Waals surface area contributed by atoms with Crippen molar-refractivity contribution >= 4 is 92.9 Å². The number of benzene rings is 4. The second-order valence-electron chi connectivity index (χ2n) is 44.7. The first-order valence-corrected chi connectivity index (χ1v) is 54.6. The van der Waals surface area contributed by atoms with E-state index in [2.05, 4.69) is 144 Å². The summed E-state index contributed by atoms with van der Waals surface area (Å²) in [5, 5.41) is 68.6. The van der Waals surface area contributed by atoms with E-state index in [0.717, 1.165) is 161 Å². The third-order valence-corrected chi connectivity index (χ3v) is 35.3. The van der Waals surface area contributed by atoms with Gasteiger partial charge in [0.2, 0.25) is 0 Å². The van der Waals surface area contributed by atoms with Crippen LogP contribution in [0.3, 0.4) is 0 Å². The maximum Gasteiger partial charge on any atom is 0.330 e. The van der Waals surface area contributed by atoms with Crippen molar-refractivity contribution in [1.82, 2.24) is 20.9 Å². The third kappa shape index (κ3) is 30.0. The summed E-state index contributed by atoms with van der Waals surface area (Å²) in [4.78, 5) is 109. The smallest absolute Gasteiger partial charge is 0.330 e. The third-order valence-electron chi connectivity index (χ3n) is 29.5. The van der Waals surface area contributed by atoms with E-state index >= 15 is 0 Å². The number of esters is 2. The number of carboxylic acid groups (broad SMARTS) is 2. The Morgan fingerprint density at radius 1 is 0.379 bits per heavy atom. The molecule has 1 aliphatic heterocycles. The summed E-state index contributed by atoms with van der Waals surface area (Å²) >= 11 is 5.90. The first-order chi connectivity index (χ1) is 67.3. The number of amides is 4. The number of nitrogens with one attached hydrogen (secondary N) is 3. The fraction of sp³-hybridized carbons (Fsp3) is 0.590. The van der Waals surface area contributed by atoms with Crippen LogP contribution in [0.2, 0.25) is 0 Å². The molecule has 0 aliphatic carbocycles. The Kier molecular flexibility index (Phi) is 44.2. The molecule has 9 N–H and O–H groups in total. The van der Waals surface area contributed by atoms with E-state index < -0.39 is 65.5 Å². The van der Waals surface area contributed by atoms with Crippen LogP contribution in [0.15, 0.2) is 97.1 Å². The number of carboxylic acids is 2. The zero-order chi connectivity index (χ0) is 110. The van der Waals surface area contributed by atoms with Crippen molar-refractivity contribution in [2.24, 2.45) is 27.6 Å². The van der Waals surface area contributed by atoms with Crippen molar-refractivity contribution in [3.8, 4) is 23.0 Å². The summed E-state index contributed by atoms with van der Waals surface area (Å²) in [6, 6.07) is 31.8. The number of hydrogen-bond acceptors (Lipinski definition) is 22. The molecule has 7 atom stereocenters. The molecule has 4 amide bonds. The molecule has 1 fully saturated rings. The maximum absolute atomic E-state index is 13.5. The highest BCUT2D eigenvalue weighted by Crippen LogP contribution is 2.51. The van der Waals surface area contributed by atoms with Gasteiger partial charge < -0.3 is 79.9 Å². The molecule has 4 aromatic heterocycles. The SMILES string of the molecule is CCC(C)[C@H](NC(=O)c1sc(C(CC)(CC)c2ccc(OCC(O)C(C)(C)C)c(C)c2)cc1C)C(=O)O.CCC(CC)(c1ccc(OCC(O)C(C)(C)C)c(C)c1)c1cc(C)c(C(=O)N2CCC[C@H]2C(=O)OC)s1.CCC(CC)(c1ccc(OCC(O)C(C)(C)C)c(C)c1)c1cc(C)c(C(=O)NC(C)(C)C(=O)O)s1.CCC(CC)(c1ccc(OCC(O)C(C)(C)C)c(C)c1)c1cc(C)c(C(=O)NC(C)(C)C(=O)OC)s1. The van der Waals surface area contributed by atoms with E-state index in [1.807, 2.05) is 177 Å². The fourth-order valence-corrected chi connectivity index (χ4v) is 23.7. The minimum absolute atomic E-state index is 0.0832. The van der Waals surface area contributed by atoms with Crippen LogP contribution in [0.25, 0.3) is 0 Å². The Morgan fingerprint density at radius 2 is 0.648 bits per heavy atom. The number of rotatable bonds is 41. The summed E-state index contributed by atoms with van der Waals surface area (Å²) in [6.07, 6.45) is 6.70. The maximum atomic E-state index is 13.5. The number of hydrogen-bond donors (Lipinski definition) is 9. The van der Waals surface area contributed by atoms with Gasteiger partial charge in [-0.25, -0.2) is 19.2 Å². The van der Waals surface area contributed by atoms with Gasteiger partial charge in [-0.15, -0.1) is 45.3 Å². The molecule has 5 unspecified atom stereocenters. The summed E-state index contributed by atoms with van der Waals surface area (Å²) in [5.41, 5.74) is 7.60. The van der Waals surface area contributed by atoms with Gasteiger partial charge in [-0.1, -0.05) is 207 Å². The minimum atomic E-state index is -1.35. The fourth-order valence-electron chi connectivity index (χ4n) is 17.9. The van der Waals surface area contributed by atoms with E-state index in [9.17, 15) is 69.0 Å². The van der Waals surface area contributed by atoms with Crippen LogP contribution in [0.4, 0.5) is 0 Å². The van der Waals surface area contributed by atoms with Gasteiger partial charge in [0, 0.05) is 47.7 Å². The number of aliphatic hydroxyl groups excluding tert-OH is 4. The number of nitrogens with zero attached hydrogens (tertiary/aromatic N) is 1. The highest BCUT2D eigenvalue weighted by atomic mass is 32.1. The lowest BCUT2D eigenvalue weighted by molar-refractivity contribution is -0.147. The Balaban J connectivity index is 0.000000296. The van der Waals surface area contributed by atoms with Crippen molar-refractivity contribution in [2.45, 2.75) is 375 Å². The summed E-state index contributed by atoms with van der Waals surface area (Å²) in [7, 11) is 2.69. The Bertz CT molecular complexity index is 5710. The van der Waals surface area contributed by atoms with Crippen LogP contribution in [0.1, 0.15) is 376 Å². The summed E-state index contributed by atoms with van der Waals surface area (Å²) < 4.78 is 33.6. The number of thiophene rings is 4. The lowest BCUT2D eigenvalue weighted by Gasteiger charge is -2.32. The van der Waals surface area contributed by atoms with Crippen LogP contribution in [0.5, 0.6) is 23.0 Å². The number of carbonyl (C=O) groups excluding carboxylic acids is 6. The average Bonchev–Trinajstić information content (AvgIpc) is 1.72. The normalized spacial score (nSPS) is 14.6. The molecule has 24 nitrogen and oxygen atoms in total. The molecule has 4 aromatic carbocycles. The second kappa shape index (κ2) is 51.6. The largest absolute Gasteiger partial charge is 0.491 e. The highest BCUT2D eigenvalue weighted by Gasteiger charge is 2.44. The van der Waals surface area contributed by atoms with Crippen molar-refractivity contribution in [2.75, 3.05) is 47.2 Å². The molecule has 5 heterocycles. The van der Waals surface area contributed by atoms with Gasteiger partial charge >= 0.3 is 23.9 Å². The van der Waals surface area contributed by atoms with Crippen molar-refractivity contribution < 1.29 is 97.4 Å². The first-order valence-electron chi connectivity index (χ1n) is 51.3. The number of aryl methyl sites for hydroxylation is 8. The van der Waals surface area contributed by atoms with Crippen LogP contribution in [-0.4, -0.2) is 178 Å². The standard InChI is InChI=1S/C30H43NO5S.C30H45NO5S.C29H43NO5S.C28H41NO5S/c1-9-30(10-2,21-13-14-23(19(3)16-21)36-18-24(32)29(5,6)7)25-17-20(4)26(37-25)27(33)31-15-11-12-22(31)28(34)35-8;1-10-18(4)25(28(34)35)31-27(33)26-20(6)16-24(37-26)30(11-2,12-3)21-13-14-22(19(5)15-21)36-17-23(32)29(7,8)9;1-11-29(12-2,20-13-14-21(18(3)15-20)35-17-22(31)27(5,6)7)23-16-19(4)24(36-23)25(32)30-28(8,9)26(33)34-10;1-10-28(11-2,19-12-13-20(17(3)14-19)34-16-21(30)26(5,6)7)22-15-18(4)23(35-22)24(31)29-27(8,9)25(32)33/h13-14,16-17,22,24,32H,9-12,15,18H2,1-8H3;13-16,18,23,25,32H,10-12,17H2,1-9H3,(H,31,33)(H,34,35);13-16,22,31H,11-12,17H2,1-10H3,(H,30,32);12-15,21,30H,10-11,16H2,1-9H3,(H,29,31)(H,32,33)/t22-,24?;18?,23?,25-;;/m00../s1. The Labute approximate surface area is 881 Å². The number of aliphatic hydroxyl groups is 4. The van der Waals surface area contributed by atoms with E-state index in [1.165, 1.54) is 67.6 Å². The molecule has 8 aromatic rings. The molecule has 28 heteroatoms. The molecule has 0 saturated carbocycles. The van der Waals surface area contributed by atoms with E-state index in [0.29, 0.717) is 38.9 Å². The van der Waals surface area contributed by atoms with Gasteiger partial charge in [0.05, 0.1) is 58.1 Å². The van der Waals surface area contributed by atoms with Crippen LogP contribution < -0.4 is 34.9 Å². The number of aliphatic carboxylic acids is 2. The number of likely N-dealkylation sites (tertiary alicyclic amines) is 1. The highest BCUT2D eigenvalue weighted by molar-refractivity contribution is 7.15. The Morgan fingerprint density at radius 3 is 0.890 bits per heavy atom. The molecule has 0 spiro atoms. The molecule has 1 saturated heterocycles. The molecule has 9 rings (SSSR count). The zero-order valence-electron chi connectivity index (χ0n) is 93.6. The first kappa shape index (κ1) is 124. The van der Waals surface area contributed by atoms with Gasteiger partial charge in [-0.2, -0.15) is 0 Å². The lowest BCUT2D eigenvalue weighted by atomic mass is 9.74. The molecule has 145 heavy (non-hydrogen) atoms. The topological polar surface area (TPSA) is 353 Å². The predicted octanol–water partition coefficient (Wildman–Crippen LogP) is 24.3. The van der Waals surface area contributed by atoms with Crippen molar-refractivity contribution in [3.05, 3.63) is 203 Å². The van der Waals surface area contributed by atoms with E-state index in [1.54, 1.807) is 30.1 Å². The van der Waals surface area contributed by atoms with Crippen molar-refractivity contribution in [1.29, 1.82) is 0 Å². The predicted molar refractivity (Wildman–Crippen MR) is 587 cm³/mol. The average molecular weight is 2080 g/mol. The second-order valence-corrected chi connectivity index (χ2v) is 48.9. The molecular formula is C117H172N4O20S4. The molecule has 1 aliphatic rings. The van der Waals surface area contributed by atoms with Gasteiger partial charge in [-0.3, -0.25) is 19.2 Å². The van der Waals surface area contributed by atoms with Gasteiger partial charge in [-0.05, 0) is 290 Å². The minimum Gasteiger partial charge on any atom is -0.491 e.